The molecular formula is C15H27N5O. The molecule has 2 rings (SSSR count). The second kappa shape index (κ2) is 5.42. The summed E-state index contributed by atoms with van der Waals surface area (Å²) in [6.45, 7) is 14.1. The van der Waals surface area contributed by atoms with Gasteiger partial charge in [0.05, 0.1) is 11.2 Å². The zero-order chi connectivity index (χ0) is 15.8. The standard InChI is InChI=1S/C15H27N5O/c1-10(2)13-17-11(19-16)7-12(18-13)20-8-14(3,4)21-15(5,6)9-20/h7,10H,8-9,16H2,1-6H3,(H,17,18,19). The van der Waals surface area contributed by atoms with E-state index < -0.39 is 0 Å². The maximum atomic E-state index is 6.12. The highest BCUT2D eigenvalue weighted by atomic mass is 16.5. The second-order valence-electron chi connectivity index (χ2n) is 7.25. The quantitative estimate of drug-likeness (QED) is 0.658. The van der Waals surface area contributed by atoms with Crippen molar-refractivity contribution < 1.29 is 4.74 Å². The Hall–Kier alpha value is -1.40. The van der Waals surface area contributed by atoms with E-state index in [4.69, 9.17) is 15.6 Å². The van der Waals surface area contributed by atoms with Crippen molar-refractivity contribution in [2.24, 2.45) is 5.84 Å². The number of rotatable bonds is 3. The molecular weight excluding hydrogens is 266 g/mol. The summed E-state index contributed by atoms with van der Waals surface area (Å²) in [6.07, 6.45) is 0. The van der Waals surface area contributed by atoms with Gasteiger partial charge in [0.25, 0.3) is 0 Å². The highest BCUT2D eigenvalue weighted by Crippen LogP contribution is 2.31. The molecule has 0 saturated carbocycles. The van der Waals surface area contributed by atoms with Crippen LogP contribution in [0.15, 0.2) is 6.07 Å². The van der Waals surface area contributed by atoms with Crippen molar-refractivity contribution in [2.75, 3.05) is 23.4 Å². The number of hydrogen-bond donors (Lipinski definition) is 2. The number of hydrogen-bond acceptors (Lipinski definition) is 6. The van der Waals surface area contributed by atoms with Crippen LogP contribution in [0.5, 0.6) is 0 Å². The van der Waals surface area contributed by atoms with Gasteiger partial charge in [-0.3, -0.25) is 0 Å². The Morgan fingerprint density at radius 2 is 1.76 bits per heavy atom. The van der Waals surface area contributed by atoms with Crippen LogP contribution < -0.4 is 16.2 Å². The van der Waals surface area contributed by atoms with E-state index in [1.54, 1.807) is 0 Å². The molecule has 0 spiro atoms. The maximum Gasteiger partial charge on any atom is 0.145 e. The minimum Gasteiger partial charge on any atom is -0.366 e. The summed E-state index contributed by atoms with van der Waals surface area (Å²) in [5, 5.41) is 0. The molecule has 6 heteroatoms. The fourth-order valence-electron chi connectivity index (χ4n) is 2.90. The molecule has 2 heterocycles. The lowest BCUT2D eigenvalue weighted by atomic mass is 9.99. The first-order valence-electron chi connectivity index (χ1n) is 7.43. The number of aromatic nitrogens is 2. The zero-order valence-electron chi connectivity index (χ0n) is 13.9. The number of morpholine rings is 1. The average molecular weight is 293 g/mol. The van der Waals surface area contributed by atoms with Crippen LogP contribution in [0.25, 0.3) is 0 Å². The highest BCUT2D eigenvalue weighted by molar-refractivity contribution is 5.50. The summed E-state index contributed by atoms with van der Waals surface area (Å²) in [5.74, 6) is 8.12. The van der Waals surface area contributed by atoms with Gasteiger partial charge in [0.15, 0.2) is 0 Å². The van der Waals surface area contributed by atoms with Crippen LogP contribution in [0.3, 0.4) is 0 Å². The number of hydrazine groups is 1. The molecule has 0 unspecified atom stereocenters. The first kappa shape index (κ1) is 16.0. The van der Waals surface area contributed by atoms with Crippen molar-refractivity contribution in [1.29, 1.82) is 0 Å². The Labute approximate surface area is 127 Å². The summed E-state index contributed by atoms with van der Waals surface area (Å²) in [7, 11) is 0. The monoisotopic (exact) mass is 293 g/mol. The molecule has 1 aliphatic rings. The molecule has 118 valence electrons. The van der Waals surface area contributed by atoms with Gasteiger partial charge < -0.3 is 15.1 Å². The number of nitrogens with zero attached hydrogens (tertiary/aromatic N) is 3. The normalized spacial score (nSPS) is 20.7. The van der Waals surface area contributed by atoms with Gasteiger partial charge in [-0.1, -0.05) is 13.8 Å². The molecule has 0 bridgehead atoms. The van der Waals surface area contributed by atoms with E-state index in [1.165, 1.54) is 0 Å². The van der Waals surface area contributed by atoms with Crippen LogP contribution in [0.2, 0.25) is 0 Å². The topological polar surface area (TPSA) is 76.3 Å². The van der Waals surface area contributed by atoms with E-state index in [1.807, 2.05) is 6.07 Å². The molecule has 1 aliphatic heterocycles. The van der Waals surface area contributed by atoms with Gasteiger partial charge in [-0.15, -0.1) is 0 Å². The Bertz CT molecular complexity index is 497. The number of nitrogens with one attached hydrogen (secondary N) is 1. The lowest BCUT2D eigenvalue weighted by Crippen LogP contribution is -2.57. The van der Waals surface area contributed by atoms with Crippen molar-refractivity contribution in [3.8, 4) is 0 Å². The first-order chi connectivity index (χ1) is 9.62. The second-order valence-corrected chi connectivity index (χ2v) is 7.25. The minimum absolute atomic E-state index is 0.221. The molecule has 3 N–H and O–H groups in total. The van der Waals surface area contributed by atoms with E-state index in [-0.39, 0.29) is 17.1 Å². The number of nitrogens with two attached hydrogens (primary N) is 1. The Morgan fingerprint density at radius 3 is 2.24 bits per heavy atom. The predicted molar refractivity (Wildman–Crippen MR) is 85.4 cm³/mol. The van der Waals surface area contributed by atoms with Crippen molar-refractivity contribution in [1.82, 2.24) is 9.97 Å². The molecule has 0 atom stereocenters. The molecule has 6 nitrogen and oxygen atoms in total. The zero-order valence-corrected chi connectivity index (χ0v) is 13.9. The smallest absolute Gasteiger partial charge is 0.145 e. The first-order valence-corrected chi connectivity index (χ1v) is 7.43. The van der Waals surface area contributed by atoms with Gasteiger partial charge in [0.2, 0.25) is 0 Å². The fourth-order valence-corrected chi connectivity index (χ4v) is 2.90. The van der Waals surface area contributed by atoms with Crippen molar-refractivity contribution in [2.45, 2.75) is 58.7 Å². The van der Waals surface area contributed by atoms with Gasteiger partial charge >= 0.3 is 0 Å². The summed E-state index contributed by atoms with van der Waals surface area (Å²) in [5.41, 5.74) is 2.19. The third-order valence-corrected chi connectivity index (χ3v) is 3.41. The fraction of sp³-hybridized carbons (Fsp3) is 0.733. The number of ether oxygens (including phenoxy) is 1. The van der Waals surface area contributed by atoms with Crippen LogP contribution >= 0.6 is 0 Å². The predicted octanol–water partition coefficient (Wildman–Crippen LogP) is 2.28. The molecule has 1 aromatic rings. The Balaban J connectivity index is 2.38. The van der Waals surface area contributed by atoms with Crippen LogP contribution in [-0.4, -0.2) is 34.3 Å². The molecule has 0 aromatic carbocycles. The van der Waals surface area contributed by atoms with Gasteiger partial charge in [-0.25, -0.2) is 15.8 Å². The van der Waals surface area contributed by atoms with Gasteiger partial charge in [0, 0.05) is 25.1 Å². The lowest BCUT2D eigenvalue weighted by molar-refractivity contribution is -0.133. The van der Waals surface area contributed by atoms with E-state index >= 15 is 0 Å². The Kier molecular flexibility index (Phi) is 4.13. The third-order valence-electron chi connectivity index (χ3n) is 3.41. The maximum absolute atomic E-state index is 6.12. The van der Waals surface area contributed by atoms with E-state index in [2.05, 4.69) is 56.9 Å². The minimum atomic E-state index is -0.221. The van der Waals surface area contributed by atoms with Crippen molar-refractivity contribution >= 4 is 11.6 Å². The molecule has 0 radical (unpaired) electrons. The molecule has 1 saturated heterocycles. The average Bonchev–Trinajstić information content (AvgIpc) is 2.34. The summed E-state index contributed by atoms with van der Waals surface area (Å²) >= 11 is 0. The van der Waals surface area contributed by atoms with Gasteiger partial charge in [-0.05, 0) is 27.7 Å². The van der Waals surface area contributed by atoms with Crippen LogP contribution in [0.4, 0.5) is 11.6 Å². The Morgan fingerprint density at radius 1 is 1.19 bits per heavy atom. The largest absolute Gasteiger partial charge is 0.366 e. The molecule has 1 fully saturated rings. The third kappa shape index (κ3) is 3.83. The molecule has 1 aromatic heterocycles. The lowest BCUT2D eigenvalue weighted by Gasteiger charge is -2.47. The number of anilines is 2. The van der Waals surface area contributed by atoms with Crippen molar-refractivity contribution in [3.05, 3.63) is 11.9 Å². The SMILES string of the molecule is CC(C)c1nc(NN)cc(N2CC(C)(C)OC(C)(C)C2)n1. The van der Waals surface area contributed by atoms with E-state index in [0.717, 1.165) is 24.7 Å². The molecule has 0 aliphatic carbocycles. The van der Waals surface area contributed by atoms with Crippen molar-refractivity contribution in [3.63, 3.8) is 0 Å². The van der Waals surface area contributed by atoms with Crippen LogP contribution in [-0.2, 0) is 4.74 Å². The summed E-state index contributed by atoms with van der Waals surface area (Å²) in [6, 6.07) is 1.89. The van der Waals surface area contributed by atoms with E-state index in [0.29, 0.717) is 5.82 Å². The molecule has 21 heavy (non-hydrogen) atoms. The summed E-state index contributed by atoms with van der Waals surface area (Å²) in [4.78, 5) is 11.4. The summed E-state index contributed by atoms with van der Waals surface area (Å²) < 4.78 is 6.12. The highest BCUT2D eigenvalue weighted by Gasteiger charge is 2.38. The van der Waals surface area contributed by atoms with Gasteiger partial charge in [-0.2, -0.15) is 0 Å². The van der Waals surface area contributed by atoms with Crippen LogP contribution in [0.1, 0.15) is 53.3 Å². The number of nitrogen functional groups attached to an aromatic ring is 1. The van der Waals surface area contributed by atoms with Gasteiger partial charge in [0.1, 0.15) is 17.5 Å². The van der Waals surface area contributed by atoms with Crippen LogP contribution in [0, 0.1) is 0 Å². The van der Waals surface area contributed by atoms with E-state index in [9.17, 15) is 0 Å². The molecule has 0 amide bonds.